The minimum Gasteiger partial charge on any atom is -0.388 e. The first-order chi connectivity index (χ1) is 9.75. The van der Waals surface area contributed by atoms with Gasteiger partial charge in [-0.2, -0.15) is 0 Å². The summed E-state index contributed by atoms with van der Waals surface area (Å²) in [5.74, 6) is 0.349. The van der Waals surface area contributed by atoms with Crippen LogP contribution in [0.2, 0.25) is 0 Å². The molecule has 0 aliphatic rings. The van der Waals surface area contributed by atoms with Gasteiger partial charge >= 0.3 is 0 Å². The molecule has 0 amide bonds. The monoisotopic (exact) mass is 282 g/mol. The van der Waals surface area contributed by atoms with Crippen LogP contribution in [0.4, 0.5) is 0 Å². The van der Waals surface area contributed by atoms with Crippen molar-refractivity contribution in [1.82, 2.24) is 0 Å². The number of thiophene rings is 1. The standard InChI is InChI=1S/C18H18OS/c1-13(14-6-3-2-4-7-14)12-17(19)16-9-5-8-15-10-11-20-18(15)16/h2-11,13,17,19H,12H2,1H3. The largest absolute Gasteiger partial charge is 0.388 e. The van der Waals surface area contributed by atoms with E-state index in [4.69, 9.17) is 0 Å². The van der Waals surface area contributed by atoms with Gasteiger partial charge in [-0.05, 0) is 40.3 Å². The Morgan fingerprint density at radius 3 is 2.60 bits per heavy atom. The maximum absolute atomic E-state index is 10.6. The molecule has 1 aromatic heterocycles. The van der Waals surface area contributed by atoms with Gasteiger partial charge in [0, 0.05) is 4.70 Å². The lowest BCUT2D eigenvalue weighted by molar-refractivity contribution is 0.161. The highest BCUT2D eigenvalue weighted by atomic mass is 32.1. The van der Waals surface area contributed by atoms with Crippen LogP contribution in [-0.4, -0.2) is 5.11 Å². The van der Waals surface area contributed by atoms with E-state index in [0.717, 1.165) is 12.0 Å². The fourth-order valence-corrected chi connectivity index (χ4v) is 3.62. The van der Waals surface area contributed by atoms with Gasteiger partial charge in [-0.15, -0.1) is 11.3 Å². The Morgan fingerprint density at radius 1 is 1.00 bits per heavy atom. The third kappa shape index (κ3) is 2.62. The fourth-order valence-electron chi connectivity index (χ4n) is 2.66. The number of hydrogen-bond acceptors (Lipinski definition) is 2. The summed E-state index contributed by atoms with van der Waals surface area (Å²) in [6.45, 7) is 2.17. The number of benzene rings is 2. The van der Waals surface area contributed by atoms with Gasteiger partial charge in [-0.1, -0.05) is 55.5 Å². The molecule has 0 saturated carbocycles. The molecule has 102 valence electrons. The molecule has 2 heteroatoms. The van der Waals surface area contributed by atoms with Crippen LogP contribution in [0.1, 0.15) is 36.5 Å². The summed E-state index contributed by atoms with van der Waals surface area (Å²) in [4.78, 5) is 0. The summed E-state index contributed by atoms with van der Waals surface area (Å²) in [6.07, 6.45) is 0.341. The van der Waals surface area contributed by atoms with Crippen molar-refractivity contribution in [3.05, 3.63) is 71.1 Å². The molecule has 0 spiro atoms. The number of hydrogen-bond donors (Lipinski definition) is 1. The Hall–Kier alpha value is -1.64. The van der Waals surface area contributed by atoms with Crippen molar-refractivity contribution in [2.75, 3.05) is 0 Å². The van der Waals surface area contributed by atoms with Crippen LogP contribution in [0.5, 0.6) is 0 Å². The molecule has 2 unspecified atom stereocenters. The quantitative estimate of drug-likeness (QED) is 0.703. The zero-order chi connectivity index (χ0) is 13.9. The van der Waals surface area contributed by atoms with Gasteiger partial charge in [-0.3, -0.25) is 0 Å². The molecule has 0 aliphatic heterocycles. The minimum absolute atomic E-state index is 0.349. The molecule has 0 bridgehead atoms. The van der Waals surface area contributed by atoms with Gasteiger partial charge in [0.25, 0.3) is 0 Å². The van der Waals surface area contributed by atoms with E-state index in [0.29, 0.717) is 5.92 Å². The molecule has 20 heavy (non-hydrogen) atoms. The van der Waals surface area contributed by atoms with E-state index in [1.54, 1.807) is 11.3 Å². The highest BCUT2D eigenvalue weighted by molar-refractivity contribution is 7.17. The molecule has 1 heterocycles. The van der Waals surface area contributed by atoms with Crippen molar-refractivity contribution in [3.8, 4) is 0 Å². The predicted molar refractivity (Wildman–Crippen MR) is 86.3 cm³/mol. The molecule has 2 atom stereocenters. The zero-order valence-corrected chi connectivity index (χ0v) is 12.3. The molecule has 0 radical (unpaired) electrons. The summed E-state index contributed by atoms with van der Waals surface area (Å²) in [7, 11) is 0. The molecule has 0 aliphatic carbocycles. The Balaban J connectivity index is 1.83. The average Bonchev–Trinajstić information content (AvgIpc) is 2.96. The SMILES string of the molecule is CC(CC(O)c1cccc2ccsc12)c1ccccc1. The molecule has 3 aromatic rings. The predicted octanol–water partition coefficient (Wildman–Crippen LogP) is 5.13. The topological polar surface area (TPSA) is 20.2 Å². The summed E-state index contributed by atoms with van der Waals surface area (Å²) in [5.41, 5.74) is 2.34. The fraction of sp³-hybridized carbons (Fsp3) is 0.222. The Bertz CT molecular complexity index is 687. The second-order valence-corrected chi connectivity index (χ2v) is 6.17. The van der Waals surface area contributed by atoms with E-state index in [-0.39, 0.29) is 0 Å². The molecule has 1 nitrogen and oxygen atoms in total. The zero-order valence-electron chi connectivity index (χ0n) is 11.5. The lowest BCUT2D eigenvalue weighted by Gasteiger charge is -2.17. The lowest BCUT2D eigenvalue weighted by atomic mass is 9.92. The third-order valence-corrected chi connectivity index (χ3v) is 4.79. The van der Waals surface area contributed by atoms with Gasteiger partial charge in [0.1, 0.15) is 0 Å². The molecule has 3 rings (SSSR count). The van der Waals surface area contributed by atoms with E-state index in [2.05, 4.69) is 48.7 Å². The first kappa shape index (κ1) is 13.3. The summed E-state index contributed by atoms with van der Waals surface area (Å²) < 4.78 is 1.21. The van der Waals surface area contributed by atoms with Gasteiger partial charge < -0.3 is 5.11 Å². The number of rotatable bonds is 4. The van der Waals surface area contributed by atoms with Crippen LogP contribution < -0.4 is 0 Å². The first-order valence-corrected chi connectivity index (χ1v) is 7.83. The van der Waals surface area contributed by atoms with Crippen LogP contribution in [0.25, 0.3) is 10.1 Å². The van der Waals surface area contributed by atoms with Gasteiger partial charge in [-0.25, -0.2) is 0 Å². The highest BCUT2D eigenvalue weighted by Crippen LogP contribution is 2.34. The second-order valence-electron chi connectivity index (χ2n) is 5.25. The van der Waals surface area contributed by atoms with E-state index >= 15 is 0 Å². The molecule has 2 aromatic carbocycles. The van der Waals surface area contributed by atoms with Crippen molar-refractivity contribution >= 4 is 21.4 Å². The molecule has 0 fully saturated rings. The van der Waals surface area contributed by atoms with Crippen molar-refractivity contribution in [3.63, 3.8) is 0 Å². The van der Waals surface area contributed by atoms with Crippen molar-refractivity contribution in [1.29, 1.82) is 0 Å². The Morgan fingerprint density at radius 2 is 1.80 bits per heavy atom. The maximum atomic E-state index is 10.6. The van der Waals surface area contributed by atoms with Crippen molar-refractivity contribution < 1.29 is 5.11 Å². The highest BCUT2D eigenvalue weighted by Gasteiger charge is 2.16. The average molecular weight is 282 g/mol. The van der Waals surface area contributed by atoms with Gasteiger partial charge in [0.15, 0.2) is 0 Å². The van der Waals surface area contributed by atoms with Crippen LogP contribution in [0, 0.1) is 0 Å². The van der Waals surface area contributed by atoms with Gasteiger partial charge in [0.05, 0.1) is 6.10 Å². The van der Waals surface area contributed by atoms with Crippen LogP contribution in [-0.2, 0) is 0 Å². The van der Waals surface area contributed by atoms with Crippen molar-refractivity contribution in [2.45, 2.75) is 25.4 Å². The Labute approximate surface area is 123 Å². The molecular formula is C18H18OS. The number of aliphatic hydroxyl groups is 1. The van der Waals surface area contributed by atoms with Crippen LogP contribution in [0.15, 0.2) is 60.0 Å². The van der Waals surface area contributed by atoms with E-state index < -0.39 is 6.10 Å². The maximum Gasteiger partial charge on any atom is 0.0809 e. The third-order valence-electron chi connectivity index (χ3n) is 3.81. The lowest BCUT2D eigenvalue weighted by Crippen LogP contribution is -2.03. The summed E-state index contributed by atoms with van der Waals surface area (Å²) in [5, 5.41) is 13.9. The van der Waals surface area contributed by atoms with Crippen LogP contribution >= 0.6 is 11.3 Å². The summed E-state index contributed by atoms with van der Waals surface area (Å²) in [6, 6.07) is 18.7. The van der Waals surface area contributed by atoms with E-state index in [1.165, 1.54) is 15.6 Å². The smallest absolute Gasteiger partial charge is 0.0809 e. The number of aliphatic hydroxyl groups excluding tert-OH is 1. The minimum atomic E-state index is -0.410. The van der Waals surface area contributed by atoms with Crippen molar-refractivity contribution in [2.24, 2.45) is 0 Å². The molecule has 0 saturated heterocycles. The molecule has 1 N–H and O–H groups in total. The normalized spacial score (nSPS) is 14.3. The van der Waals surface area contributed by atoms with E-state index in [1.807, 2.05) is 18.2 Å². The second kappa shape index (κ2) is 5.78. The van der Waals surface area contributed by atoms with Gasteiger partial charge in [0.2, 0.25) is 0 Å². The number of fused-ring (bicyclic) bond motifs is 1. The first-order valence-electron chi connectivity index (χ1n) is 6.95. The Kier molecular flexibility index (Phi) is 3.86. The summed E-state index contributed by atoms with van der Waals surface area (Å²) >= 11 is 1.71. The molecular weight excluding hydrogens is 264 g/mol. The van der Waals surface area contributed by atoms with Crippen LogP contribution in [0.3, 0.4) is 0 Å². The van der Waals surface area contributed by atoms with E-state index in [9.17, 15) is 5.11 Å².